The number of ether oxygens (including phenoxy) is 1. The molecule has 2 unspecified atom stereocenters. The van der Waals surface area contributed by atoms with E-state index in [1.807, 2.05) is 6.20 Å². The van der Waals surface area contributed by atoms with Gasteiger partial charge in [0, 0.05) is 24.5 Å². The fraction of sp³-hybridized carbons (Fsp3) is 0.688. The largest absolute Gasteiger partial charge is 0.378 e. The maximum absolute atomic E-state index is 5.73. The zero-order valence-corrected chi connectivity index (χ0v) is 12.2. The number of nitrogens with zero attached hydrogens (tertiary/aromatic N) is 1. The molecular formula is C16H26N2O. The average molecular weight is 262 g/mol. The van der Waals surface area contributed by atoms with Crippen LogP contribution in [0.5, 0.6) is 0 Å². The molecule has 1 aliphatic rings. The van der Waals surface area contributed by atoms with Gasteiger partial charge in [-0.25, -0.2) is 0 Å². The smallest absolute Gasteiger partial charge is 0.0576 e. The van der Waals surface area contributed by atoms with E-state index in [1.165, 1.54) is 24.8 Å². The molecule has 0 radical (unpaired) electrons. The lowest BCUT2D eigenvalue weighted by atomic mass is 9.99. The molecule has 0 spiro atoms. The minimum absolute atomic E-state index is 0.436. The lowest BCUT2D eigenvalue weighted by Gasteiger charge is -2.21. The Balaban J connectivity index is 1.94. The first-order chi connectivity index (χ1) is 9.29. The molecule has 2 rings (SSSR count). The third-order valence-electron chi connectivity index (χ3n) is 3.77. The molecule has 0 aromatic carbocycles. The monoisotopic (exact) mass is 262 g/mol. The second-order valence-electron chi connectivity index (χ2n) is 5.45. The number of aryl methyl sites for hydroxylation is 1. The molecule has 1 aromatic heterocycles. The van der Waals surface area contributed by atoms with Crippen molar-refractivity contribution < 1.29 is 4.74 Å². The Morgan fingerprint density at radius 3 is 3.11 bits per heavy atom. The van der Waals surface area contributed by atoms with E-state index in [-0.39, 0.29) is 0 Å². The van der Waals surface area contributed by atoms with E-state index in [9.17, 15) is 0 Å². The van der Waals surface area contributed by atoms with Gasteiger partial charge in [-0.3, -0.25) is 4.98 Å². The third-order valence-corrected chi connectivity index (χ3v) is 3.77. The molecule has 0 aliphatic carbocycles. The van der Waals surface area contributed by atoms with Gasteiger partial charge in [-0.15, -0.1) is 0 Å². The highest BCUT2D eigenvalue weighted by Crippen LogP contribution is 2.24. The van der Waals surface area contributed by atoms with Crippen molar-refractivity contribution in [1.29, 1.82) is 0 Å². The molecule has 0 amide bonds. The molecule has 0 bridgehead atoms. The Morgan fingerprint density at radius 2 is 2.42 bits per heavy atom. The molecule has 2 heterocycles. The van der Waals surface area contributed by atoms with Crippen LogP contribution in [0.3, 0.4) is 0 Å². The van der Waals surface area contributed by atoms with Crippen LogP contribution in [0.1, 0.15) is 56.3 Å². The van der Waals surface area contributed by atoms with Gasteiger partial charge in [0.05, 0.1) is 6.10 Å². The lowest BCUT2D eigenvalue weighted by molar-refractivity contribution is 0.0996. The molecule has 1 fully saturated rings. The van der Waals surface area contributed by atoms with E-state index in [4.69, 9.17) is 4.74 Å². The summed E-state index contributed by atoms with van der Waals surface area (Å²) in [5.41, 5.74) is 2.46. The fourth-order valence-corrected chi connectivity index (χ4v) is 2.71. The SMILES string of the molecule is CCCNC(CCC1CCCO1)c1ccnc(C)c1. The van der Waals surface area contributed by atoms with Crippen LogP contribution in [0.25, 0.3) is 0 Å². The average Bonchev–Trinajstić information content (AvgIpc) is 2.92. The molecule has 1 aliphatic heterocycles. The summed E-state index contributed by atoms with van der Waals surface area (Å²) in [6.07, 6.45) is 8.32. The molecule has 1 aromatic rings. The van der Waals surface area contributed by atoms with Crippen molar-refractivity contribution in [2.75, 3.05) is 13.2 Å². The minimum atomic E-state index is 0.436. The Kier molecular flexibility index (Phi) is 5.80. The molecule has 2 atom stereocenters. The summed E-state index contributed by atoms with van der Waals surface area (Å²) in [5.74, 6) is 0. The summed E-state index contributed by atoms with van der Waals surface area (Å²) >= 11 is 0. The standard InChI is InChI=1S/C16H26N2O/c1-3-9-18-16(7-6-15-5-4-11-19-15)14-8-10-17-13(2)12-14/h8,10,12,15-16,18H,3-7,9,11H2,1-2H3. The highest BCUT2D eigenvalue weighted by Gasteiger charge is 2.18. The van der Waals surface area contributed by atoms with Crippen LogP contribution in [0, 0.1) is 6.92 Å². The molecule has 1 N–H and O–H groups in total. The van der Waals surface area contributed by atoms with Crippen molar-refractivity contribution in [3.63, 3.8) is 0 Å². The van der Waals surface area contributed by atoms with Crippen LogP contribution in [0.2, 0.25) is 0 Å². The highest BCUT2D eigenvalue weighted by atomic mass is 16.5. The van der Waals surface area contributed by atoms with Crippen molar-refractivity contribution in [3.8, 4) is 0 Å². The van der Waals surface area contributed by atoms with Crippen molar-refractivity contribution >= 4 is 0 Å². The van der Waals surface area contributed by atoms with Crippen LogP contribution in [-0.2, 0) is 4.74 Å². The predicted molar refractivity (Wildman–Crippen MR) is 78.2 cm³/mol. The Bertz CT molecular complexity index is 375. The van der Waals surface area contributed by atoms with Crippen LogP contribution in [0.15, 0.2) is 18.3 Å². The number of aromatic nitrogens is 1. The van der Waals surface area contributed by atoms with E-state index in [0.29, 0.717) is 12.1 Å². The van der Waals surface area contributed by atoms with Crippen molar-refractivity contribution in [3.05, 3.63) is 29.6 Å². The molecule has 3 nitrogen and oxygen atoms in total. The van der Waals surface area contributed by atoms with Crippen LogP contribution in [-0.4, -0.2) is 24.2 Å². The number of nitrogens with one attached hydrogen (secondary N) is 1. The summed E-state index contributed by atoms with van der Waals surface area (Å²) in [4.78, 5) is 4.29. The summed E-state index contributed by atoms with van der Waals surface area (Å²) in [6, 6.07) is 4.77. The van der Waals surface area contributed by atoms with Gasteiger partial charge in [-0.05, 0) is 63.3 Å². The molecule has 3 heteroatoms. The highest BCUT2D eigenvalue weighted by molar-refractivity contribution is 5.19. The fourth-order valence-electron chi connectivity index (χ4n) is 2.71. The first kappa shape index (κ1) is 14.5. The van der Waals surface area contributed by atoms with E-state index in [1.54, 1.807) is 0 Å². The van der Waals surface area contributed by atoms with E-state index < -0.39 is 0 Å². The van der Waals surface area contributed by atoms with Gasteiger partial charge in [0.1, 0.15) is 0 Å². The van der Waals surface area contributed by atoms with Crippen LogP contribution in [0.4, 0.5) is 0 Å². The maximum atomic E-state index is 5.73. The number of pyridine rings is 1. The topological polar surface area (TPSA) is 34.1 Å². The van der Waals surface area contributed by atoms with Gasteiger partial charge < -0.3 is 10.1 Å². The summed E-state index contributed by atoms with van der Waals surface area (Å²) in [6.45, 7) is 6.28. The first-order valence-corrected chi connectivity index (χ1v) is 7.57. The van der Waals surface area contributed by atoms with Crippen LogP contribution >= 0.6 is 0 Å². The van der Waals surface area contributed by atoms with Gasteiger partial charge in [-0.1, -0.05) is 6.92 Å². The third kappa shape index (κ3) is 4.59. The summed E-state index contributed by atoms with van der Waals surface area (Å²) < 4.78 is 5.73. The quantitative estimate of drug-likeness (QED) is 0.818. The summed E-state index contributed by atoms with van der Waals surface area (Å²) in [7, 11) is 0. The van der Waals surface area contributed by atoms with E-state index in [2.05, 4.69) is 36.3 Å². The first-order valence-electron chi connectivity index (χ1n) is 7.57. The molecule has 106 valence electrons. The zero-order valence-electron chi connectivity index (χ0n) is 12.2. The van der Waals surface area contributed by atoms with E-state index >= 15 is 0 Å². The van der Waals surface area contributed by atoms with Gasteiger partial charge in [0.25, 0.3) is 0 Å². The van der Waals surface area contributed by atoms with Gasteiger partial charge >= 0.3 is 0 Å². The molecular weight excluding hydrogens is 236 g/mol. The zero-order chi connectivity index (χ0) is 13.5. The van der Waals surface area contributed by atoms with E-state index in [0.717, 1.165) is 31.7 Å². The second-order valence-corrected chi connectivity index (χ2v) is 5.45. The second kappa shape index (κ2) is 7.61. The lowest BCUT2D eigenvalue weighted by Crippen LogP contribution is -2.23. The number of hydrogen-bond donors (Lipinski definition) is 1. The van der Waals surface area contributed by atoms with Crippen molar-refractivity contribution in [1.82, 2.24) is 10.3 Å². The molecule has 0 saturated carbocycles. The maximum Gasteiger partial charge on any atom is 0.0576 e. The Morgan fingerprint density at radius 1 is 1.53 bits per heavy atom. The van der Waals surface area contributed by atoms with Gasteiger partial charge in [0.2, 0.25) is 0 Å². The predicted octanol–water partition coefficient (Wildman–Crippen LogP) is 3.39. The molecule has 19 heavy (non-hydrogen) atoms. The van der Waals surface area contributed by atoms with Crippen molar-refractivity contribution in [2.45, 2.75) is 58.1 Å². The summed E-state index contributed by atoms with van der Waals surface area (Å²) in [5, 5.41) is 3.65. The Labute approximate surface area is 116 Å². The van der Waals surface area contributed by atoms with Crippen molar-refractivity contribution in [2.24, 2.45) is 0 Å². The van der Waals surface area contributed by atoms with Gasteiger partial charge in [0.15, 0.2) is 0 Å². The van der Waals surface area contributed by atoms with Crippen LogP contribution < -0.4 is 5.32 Å². The normalized spacial score (nSPS) is 20.6. The minimum Gasteiger partial charge on any atom is -0.378 e. The Hall–Kier alpha value is -0.930. The number of rotatable bonds is 7. The number of hydrogen-bond acceptors (Lipinski definition) is 3. The van der Waals surface area contributed by atoms with Gasteiger partial charge in [-0.2, -0.15) is 0 Å². The molecule has 1 saturated heterocycles.